The Balaban J connectivity index is 1.04. The lowest BCUT2D eigenvalue weighted by atomic mass is 9.86. The fraction of sp³-hybridized carbons (Fsp3) is 0.151. The molecule has 0 unspecified atom stereocenters. The summed E-state index contributed by atoms with van der Waals surface area (Å²) >= 11 is 0. The standard InChI is InChI=1S/C106H88F14N8/c1-121(2)71-38-22-63(23-39-71)81(64-24-40-72(41-25-64)122(3)4)57-85-89(91-87(97(111)103(117)105(119)101(91)115)59-83(67-30-46-75(47-31-67)125(9)10)68-32-48-76(49-33-68)126(11)12)99(113)95(109)79(93(85)107)54-20-61-18-17-19-62(56-61)21-55-80-94(108)86(58-82(65-26-42-73(43-27-65)123(5)6)66-28-44-74(45-29-66)124(7)8)90(100(114)96(80)110)92-88(98(112)104(118)106(120)102(92)116)60-84(69-34-50-77(51-35-69)127(13)14)70-36-52-78(53-37-70)128(15)16/h17-19,22-53,56-60H,1-16H3. The number of nitrogens with zero attached hydrogens (tertiary/aromatic N) is 8. The Morgan fingerprint density at radius 1 is 0.188 bits per heavy atom. The fourth-order valence-electron chi connectivity index (χ4n) is 14.8. The molecule has 0 N–H and O–H groups in total. The lowest BCUT2D eigenvalue weighted by Gasteiger charge is -2.20. The van der Waals surface area contributed by atoms with Gasteiger partial charge in [-0.25, -0.2) is 61.5 Å². The topological polar surface area (TPSA) is 25.9 Å². The van der Waals surface area contributed by atoms with Crippen molar-refractivity contribution >= 4 is 92.1 Å². The van der Waals surface area contributed by atoms with Crippen molar-refractivity contribution in [3.05, 3.63) is 389 Å². The fourth-order valence-corrected chi connectivity index (χ4v) is 14.8. The molecule has 0 amide bonds. The Labute approximate surface area is 736 Å². The average Bonchev–Trinajstić information content (AvgIpc) is 0.737. The van der Waals surface area contributed by atoms with Crippen LogP contribution in [0.2, 0.25) is 0 Å². The molecule has 13 rings (SSSR count). The summed E-state index contributed by atoms with van der Waals surface area (Å²) in [7, 11) is 28.5. The maximum Gasteiger partial charge on any atom is 0.198 e. The van der Waals surface area contributed by atoms with E-state index in [-0.39, 0.29) is 33.4 Å². The second-order valence-corrected chi connectivity index (χ2v) is 32.1. The third-order valence-electron chi connectivity index (χ3n) is 22.1. The van der Waals surface area contributed by atoms with Gasteiger partial charge in [-0.2, -0.15) is 0 Å². The minimum absolute atomic E-state index is 0.0466. The summed E-state index contributed by atoms with van der Waals surface area (Å²) in [6.45, 7) is 0. The summed E-state index contributed by atoms with van der Waals surface area (Å²) in [5, 5.41) is 0. The van der Waals surface area contributed by atoms with Crippen LogP contribution in [0.5, 0.6) is 0 Å². The lowest BCUT2D eigenvalue weighted by Crippen LogP contribution is -2.10. The Morgan fingerprint density at radius 2 is 0.352 bits per heavy atom. The van der Waals surface area contributed by atoms with E-state index in [0.717, 1.165) is 30.4 Å². The van der Waals surface area contributed by atoms with E-state index in [1.165, 1.54) is 18.2 Å². The normalized spacial score (nSPS) is 10.9. The zero-order chi connectivity index (χ0) is 92.3. The first-order valence-electron chi connectivity index (χ1n) is 40.3. The summed E-state index contributed by atoms with van der Waals surface area (Å²) in [5.41, 5.74) is -4.71. The highest BCUT2D eigenvalue weighted by Gasteiger charge is 2.36. The lowest BCUT2D eigenvalue weighted by molar-refractivity contribution is 0.409. The van der Waals surface area contributed by atoms with E-state index in [2.05, 4.69) is 23.7 Å². The number of anilines is 8. The third kappa shape index (κ3) is 18.7. The highest BCUT2D eigenvalue weighted by atomic mass is 19.2. The van der Waals surface area contributed by atoms with E-state index < -0.39 is 137 Å². The highest BCUT2D eigenvalue weighted by Crippen LogP contribution is 2.48. The van der Waals surface area contributed by atoms with Crippen molar-refractivity contribution in [2.24, 2.45) is 0 Å². The van der Waals surface area contributed by atoms with Gasteiger partial charge < -0.3 is 39.2 Å². The van der Waals surface area contributed by atoms with Gasteiger partial charge in [0.25, 0.3) is 0 Å². The van der Waals surface area contributed by atoms with E-state index in [0.29, 0.717) is 90.0 Å². The zero-order valence-electron chi connectivity index (χ0n) is 73.0. The quantitative estimate of drug-likeness (QED) is 0.0218. The zero-order valence-corrected chi connectivity index (χ0v) is 73.0. The molecule has 0 aliphatic heterocycles. The molecule has 650 valence electrons. The van der Waals surface area contributed by atoms with E-state index in [9.17, 15) is 0 Å². The van der Waals surface area contributed by atoms with Crippen LogP contribution in [0.4, 0.5) is 107 Å². The molecule has 128 heavy (non-hydrogen) atoms. The van der Waals surface area contributed by atoms with Crippen LogP contribution in [0.15, 0.2) is 218 Å². The van der Waals surface area contributed by atoms with E-state index >= 15 is 61.5 Å². The molecule has 13 aromatic rings. The number of hydrogen-bond donors (Lipinski definition) is 0. The molecule has 0 bridgehead atoms. The van der Waals surface area contributed by atoms with E-state index in [1.54, 1.807) is 346 Å². The molecule has 0 aliphatic rings. The number of rotatable bonds is 22. The molecule has 0 atom stereocenters. The Morgan fingerprint density at radius 3 is 0.531 bits per heavy atom. The van der Waals surface area contributed by atoms with Gasteiger partial charge in [-0.1, -0.05) is 127 Å². The van der Waals surface area contributed by atoms with Crippen LogP contribution in [0.1, 0.15) is 89.0 Å². The molecule has 0 saturated carbocycles. The highest BCUT2D eigenvalue weighted by molar-refractivity contribution is 6.02. The summed E-state index contributed by atoms with van der Waals surface area (Å²) < 4.78 is 246. The number of benzene rings is 13. The molecule has 0 saturated heterocycles. The molecule has 0 heterocycles. The van der Waals surface area contributed by atoms with Crippen LogP contribution in [-0.2, 0) is 0 Å². The Hall–Kier alpha value is -14.6. The van der Waals surface area contributed by atoms with Crippen molar-refractivity contribution in [2.45, 2.75) is 0 Å². The largest absolute Gasteiger partial charge is 0.378 e. The van der Waals surface area contributed by atoms with Gasteiger partial charge in [0.2, 0.25) is 0 Å². The second kappa shape index (κ2) is 38.1. The molecule has 0 aromatic heterocycles. The first kappa shape index (κ1) is 91.1. The van der Waals surface area contributed by atoms with Crippen LogP contribution >= 0.6 is 0 Å². The predicted molar refractivity (Wildman–Crippen MR) is 496 cm³/mol. The maximum atomic E-state index is 18.8. The van der Waals surface area contributed by atoms with E-state index in [1.807, 2.05) is 0 Å². The summed E-state index contributed by atoms with van der Waals surface area (Å²) in [4.78, 5) is 14.3. The van der Waals surface area contributed by atoms with Crippen LogP contribution in [0.25, 0.3) is 68.9 Å². The smallest absolute Gasteiger partial charge is 0.198 e. The van der Waals surface area contributed by atoms with Crippen LogP contribution in [0.3, 0.4) is 0 Å². The van der Waals surface area contributed by atoms with Gasteiger partial charge in [-0.3, -0.25) is 0 Å². The van der Waals surface area contributed by atoms with Crippen molar-refractivity contribution in [2.75, 3.05) is 152 Å². The summed E-state index contributed by atoms with van der Waals surface area (Å²) in [6.07, 6.45) is 3.97. The molecular formula is C106H88F14N8. The third-order valence-corrected chi connectivity index (χ3v) is 22.1. The van der Waals surface area contributed by atoms with Gasteiger partial charge >= 0.3 is 0 Å². The first-order valence-corrected chi connectivity index (χ1v) is 40.3. The SMILES string of the molecule is CN(C)c1ccc(C(=Cc2c(F)c(F)c(F)c(F)c2-c2c(F)c(F)c(C#Cc3cccc(C#Cc4c(F)c(F)c(-c5c(F)c(F)c(F)c(F)c5C=C(c5ccc(N(C)C)cc5)c5ccc(N(C)C)cc5)c(C=C(c5ccc(N(C)C)cc5)c5ccc(N(C)C)cc5)c4F)c3)c(F)c2C=C(c2ccc(N(C)C)cc2)c2ccc(N(C)C)cc2)c2ccc(N(C)C)cc2)cc1. The van der Waals surface area contributed by atoms with Crippen molar-refractivity contribution in [3.63, 3.8) is 0 Å². The van der Waals surface area contributed by atoms with E-state index in [4.69, 9.17) is 0 Å². The molecule has 22 heteroatoms. The predicted octanol–water partition coefficient (Wildman–Crippen LogP) is 24.7. The summed E-state index contributed by atoms with van der Waals surface area (Å²) in [6, 6.07) is 58.4. The molecule has 0 fully saturated rings. The van der Waals surface area contributed by atoms with Gasteiger partial charge in [0.05, 0.1) is 0 Å². The molecule has 13 aromatic carbocycles. The van der Waals surface area contributed by atoms with Crippen molar-refractivity contribution < 1.29 is 61.5 Å². The molecular weight excluding hydrogens is 1650 g/mol. The Bertz CT molecular complexity index is 6060. The summed E-state index contributed by atoms with van der Waals surface area (Å²) in [5.74, 6) is -20.1. The van der Waals surface area contributed by atoms with Gasteiger partial charge in [0.15, 0.2) is 69.8 Å². The van der Waals surface area contributed by atoms with Crippen molar-refractivity contribution in [1.29, 1.82) is 0 Å². The molecule has 0 radical (unpaired) electrons. The van der Waals surface area contributed by atoms with Crippen LogP contribution in [0, 0.1) is 105 Å². The molecule has 8 nitrogen and oxygen atoms in total. The van der Waals surface area contributed by atoms with Gasteiger partial charge in [-0.05, 0) is 206 Å². The van der Waals surface area contributed by atoms with Crippen LogP contribution < -0.4 is 39.2 Å². The van der Waals surface area contributed by atoms with Crippen LogP contribution in [-0.4, -0.2) is 113 Å². The average molecular weight is 1740 g/mol. The first-order chi connectivity index (χ1) is 60.9. The number of hydrogen-bond acceptors (Lipinski definition) is 8. The minimum atomic E-state index is -2.45. The van der Waals surface area contributed by atoms with Gasteiger partial charge in [-0.15, -0.1) is 0 Å². The van der Waals surface area contributed by atoms with Gasteiger partial charge in [0, 0.05) is 214 Å². The van der Waals surface area contributed by atoms with Crippen molar-refractivity contribution in [3.8, 4) is 45.9 Å². The second-order valence-electron chi connectivity index (χ2n) is 32.1. The molecule has 0 spiro atoms. The number of halogens is 14. The monoisotopic (exact) mass is 1740 g/mol. The van der Waals surface area contributed by atoms with Gasteiger partial charge in [0.1, 0.15) is 22.8 Å². The maximum absolute atomic E-state index is 18.8. The van der Waals surface area contributed by atoms with Crippen molar-refractivity contribution in [1.82, 2.24) is 0 Å². The minimum Gasteiger partial charge on any atom is -0.378 e. The molecule has 0 aliphatic carbocycles. The Kier molecular flexibility index (Phi) is 27.1.